The summed E-state index contributed by atoms with van der Waals surface area (Å²) in [5.41, 5.74) is 3.11. The van der Waals surface area contributed by atoms with Crippen LogP contribution in [0, 0.1) is 10.1 Å². The van der Waals surface area contributed by atoms with Crippen molar-refractivity contribution in [1.29, 1.82) is 0 Å². The molecule has 33 heavy (non-hydrogen) atoms. The van der Waals surface area contributed by atoms with Gasteiger partial charge < -0.3 is 9.64 Å². The Balaban J connectivity index is 1.73. The van der Waals surface area contributed by atoms with Gasteiger partial charge in [-0.05, 0) is 62.4 Å². The average Bonchev–Trinajstić information content (AvgIpc) is 3.05. The Hall–Kier alpha value is -3.52. The average molecular weight is 450 g/mol. The first-order chi connectivity index (χ1) is 15.9. The fourth-order valence-electron chi connectivity index (χ4n) is 4.33. The lowest BCUT2D eigenvalue weighted by molar-refractivity contribution is -0.384. The summed E-state index contributed by atoms with van der Waals surface area (Å²) in [5.74, 6) is -0.717. The minimum atomic E-state index is -0.484. The molecular weight excluding hydrogens is 422 g/mol. The van der Waals surface area contributed by atoms with E-state index in [0.717, 1.165) is 24.1 Å². The molecule has 0 saturated carbocycles. The molecule has 8 nitrogen and oxygen atoms in total. The van der Waals surface area contributed by atoms with Crippen LogP contribution in [0.15, 0.2) is 54.2 Å². The molecule has 0 fully saturated rings. The summed E-state index contributed by atoms with van der Waals surface area (Å²) in [7, 11) is 0. The predicted molar refractivity (Wildman–Crippen MR) is 125 cm³/mol. The summed E-state index contributed by atoms with van der Waals surface area (Å²) in [6, 6.07) is 13.7. The smallest absolute Gasteiger partial charge is 0.278 e. The monoisotopic (exact) mass is 449 g/mol. The van der Waals surface area contributed by atoms with E-state index in [-0.39, 0.29) is 35.7 Å². The minimum Gasteiger partial charge on any atom is -0.379 e. The van der Waals surface area contributed by atoms with Gasteiger partial charge in [0, 0.05) is 37.5 Å². The van der Waals surface area contributed by atoms with E-state index < -0.39 is 4.92 Å². The highest BCUT2D eigenvalue weighted by Gasteiger charge is 2.42. The SMILES string of the molecule is CC(C)OCCCN1C(=O)C(c2ccc([N+](=O)[O-])cc2)=C(N2CCCc3ccccc32)C1=O. The van der Waals surface area contributed by atoms with E-state index in [9.17, 15) is 19.7 Å². The number of rotatable bonds is 8. The van der Waals surface area contributed by atoms with Gasteiger partial charge in [0.15, 0.2) is 0 Å². The van der Waals surface area contributed by atoms with E-state index >= 15 is 0 Å². The molecule has 0 bridgehead atoms. The first kappa shape index (κ1) is 22.7. The van der Waals surface area contributed by atoms with Crippen LogP contribution in [0.2, 0.25) is 0 Å². The quantitative estimate of drug-likeness (QED) is 0.262. The highest BCUT2D eigenvalue weighted by atomic mass is 16.6. The van der Waals surface area contributed by atoms with Crippen molar-refractivity contribution >= 4 is 28.8 Å². The minimum absolute atomic E-state index is 0.0660. The van der Waals surface area contributed by atoms with E-state index in [4.69, 9.17) is 4.74 Å². The molecule has 2 aliphatic heterocycles. The Kier molecular flexibility index (Phi) is 6.55. The topological polar surface area (TPSA) is 93.0 Å². The van der Waals surface area contributed by atoms with Crippen LogP contribution in [-0.2, 0) is 20.7 Å². The van der Waals surface area contributed by atoms with Crippen molar-refractivity contribution in [2.45, 2.75) is 39.2 Å². The Morgan fingerprint density at radius 3 is 2.48 bits per heavy atom. The van der Waals surface area contributed by atoms with Crippen molar-refractivity contribution in [3.05, 3.63) is 75.5 Å². The molecule has 0 N–H and O–H groups in total. The van der Waals surface area contributed by atoms with Crippen LogP contribution in [0.5, 0.6) is 0 Å². The molecule has 0 saturated heterocycles. The molecule has 172 valence electrons. The van der Waals surface area contributed by atoms with Crippen molar-refractivity contribution in [2.24, 2.45) is 0 Å². The summed E-state index contributed by atoms with van der Waals surface area (Å²) < 4.78 is 5.57. The zero-order valence-electron chi connectivity index (χ0n) is 18.8. The number of ether oxygens (including phenoxy) is 1. The highest BCUT2D eigenvalue weighted by Crippen LogP contribution is 2.38. The van der Waals surface area contributed by atoms with E-state index in [1.54, 1.807) is 12.1 Å². The molecule has 2 aromatic carbocycles. The van der Waals surface area contributed by atoms with Gasteiger partial charge >= 0.3 is 0 Å². The van der Waals surface area contributed by atoms with Gasteiger partial charge in [-0.15, -0.1) is 0 Å². The number of amides is 2. The number of carbonyl (C=O) groups excluding carboxylic acids is 2. The largest absolute Gasteiger partial charge is 0.379 e. The summed E-state index contributed by atoms with van der Waals surface area (Å²) in [6.07, 6.45) is 2.37. The van der Waals surface area contributed by atoms with E-state index in [2.05, 4.69) is 0 Å². The second kappa shape index (κ2) is 9.54. The molecule has 0 aromatic heterocycles. The van der Waals surface area contributed by atoms with Gasteiger partial charge in [0.2, 0.25) is 0 Å². The number of carbonyl (C=O) groups is 2. The number of nitro benzene ring substituents is 1. The molecule has 2 aliphatic rings. The lowest BCUT2D eigenvalue weighted by Crippen LogP contribution is -2.38. The van der Waals surface area contributed by atoms with Crippen molar-refractivity contribution in [2.75, 3.05) is 24.6 Å². The number of benzene rings is 2. The zero-order valence-corrected chi connectivity index (χ0v) is 18.8. The first-order valence-electron chi connectivity index (χ1n) is 11.2. The van der Waals surface area contributed by atoms with Gasteiger partial charge in [-0.3, -0.25) is 24.6 Å². The molecule has 0 unspecified atom stereocenters. The Bertz CT molecular complexity index is 1110. The Morgan fingerprint density at radius 2 is 1.79 bits per heavy atom. The van der Waals surface area contributed by atoms with Gasteiger partial charge in [0.05, 0.1) is 16.6 Å². The maximum atomic E-state index is 13.6. The maximum Gasteiger partial charge on any atom is 0.278 e. The van der Waals surface area contributed by atoms with Crippen LogP contribution in [0.25, 0.3) is 5.57 Å². The van der Waals surface area contributed by atoms with Gasteiger partial charge in [-0.2, -0.15) is 0 Å². The van der Waals surface area contributed by atoms with Gasteiger partial charge in [0.25, 0.3) is 17.5 Å². The number of fused-ring (bicyclic) bond motifs is 1. The molecule has 2 aromatic rings. The lowest BCUT2D eigenvalue weighted by atomic mass is 9.98. The number of non-ortho nitro benzene ring substituents is 1. The van der Waals surface area contributed by atoms with Crippen LogP contribution in [0.1, 0.15) is 37.8 Å². The number of hydrogen-bond donors (Lipinski definition) is 0. The number of aryl methyl sites for hydroxylation is 1. The molecule has 0 radical (unpaired) electrons. The van der Waals surface area contributed by atoms with Crippen LogP contribution >= 0.6 is 0 Å². The number of nitro groups is 1. The number of anilines is 1. The third-order valence-electron chi connectivity index (χ3n) is 5.87. The van der Waals surface area contributed by atoms with Crippen LogP contribution in [-0.4, -0.2) is 47.4 Å². The normalized spacial score (nSPS) is 16.1. The van der Waals surface area contributed by atoms with Crippen molar-refractivity contribution < 1.29 is 19.2 Å². The lowest BCUT2D eigenvalue weighted by Gasteiger charge is -2.32. The summed E-state index contributed by atoms with van der Waals surface area (Å²) in [6.45, 7) is 5.19. The molecule has 0 atom stereocenters. The summed E-state index contributed by atoms with van der Waals surface area (Å²) in [4.78, 5) is 40.9. The van der Waals surface area contributed by atoms with E-state index in [0.29, 0.717) is 30.8 Å². The molecule has 2 amide bonds. The Morgan fingerprint density at radius 1 is 1.06 bits per heavy atom. The van der Waals surface area contributed by atoms with E-state index in [1.165, 1.54) is 17.0 Å². The fraction of sp³-hybridized carbons (Fsp3) is 0.360. The van der Waals surface area contributed by atoms with Crippen molar-refractivity contribution in [1.82, 2.24) is 4.90 Å². The summed E-state index contributed by atoms with van der Waals surface area (Å²) in [5, 5.41) is 11.1. The molecule has 0 aliphatic carbocycles. The fourth-order valence-corrected chi connectivity index (χ4v) is 4.33. The van der Waals surface area contributed by atoms with Crippen LogP contribution < -0.4 is 4.90 Å². The highest BCUT2D eigenvalue weighted by molar-refractivity contribution is 6.36. The van der Waals surface area contributed by atoms with Gasteiger partial charge in [0.1, 0.15) is 5.70 Å². The number of para-hydroxylation sites is 1. The number of hydrogen-bond acceptors (Lipinski definition) is 6. The zero-order chi connectivity index (χ0) is 23.5. The number of nitrogens with zero attached hydrogens (tertiary/aromatic N) is 3. The summed E-state index contributed by atoms with van der Waals surface area (Å²) >= 11 is 0. The predicted octanol–water partition coefficient (Wildman–Crippen LogP) is 3.94. The standard InChI is InChI=1S/C25H27N3O5/c1-17(2)33-16-6-15-27-24(29)22(19-10-12-20(13-11-19)28(31)32)23(25(27)30)26-14-5-8-18-7-3-4-9-21(18)26/h3-4,7,9-13,17H,5-6,8,14-16H2,1-2H3. The second-order valence-electron chi connectivity index (χ2n) is 8.45. The molecule has 4 rings (SSSR count). The van der Waals surface area contributed by atoms with Crippen molar-refractivity contribution in [3.63, 3.8) is 0 Å². The Labute approximate surface area is 192 Å². The third-order valence-corrected chi connectivity index (χ3v) is 5.87. The second-order valence-corrected chi connectivity index (χ2v) is 8.45. The molecule has 0 spiro atoms. The molecular formula is C25H27N3O5. The van der Waals surface area contributed by atoms with Crippen LogP contribution in [0.3, 0.4) is 0 Å². The van der Waals surface area contributed by atoms with Gasteiger partial charge in [-0.1, -0.05) is 18.2 Å². The van der Waals surface area contributed by atoms with Crippen LogP contribution in [0.4, 0.5) is 11.4 Å². The third kappa shape index (κ3) is 4.52. The molecule has 2 heterocycles. The van der Waals surface area contributed by atoms with Crippen molar-refractivity contribution in [3.8, 4) is 0 Å². The molecule has 8 heteroatoms. The maximum absolute atomic E-state index is 13.6. The van der Waals surface area contributed by atoms with Gasteiger partial charge in [-0.25, -0.2) is 0 Å². The first-order valence-corrected chi connectivity index (χ1v) is 11.2. The number of imide groups is 1. The van der Waals surface area contributed by atoms with E-state index in [1.807, 2.05) is 43.0 Å².